The largest absolute Gasteiger partial charge is 0.416 e. The van der Waals surface area contributed by atoms with Crippen LogP contribution in [0.2, 0.25) is 15.1 Å². The minimum absolute atomic E-state index is 0.166. The van der Waals surface area contributed by atoms with Crippen LogP contribution in [-0.4, -0.2) is 0 Å². The molecule has 0 spiro atoms. The van der Waals surface area contributed by atoms with Crippen LogP contribution >= 0.6 is 34.8 Å². The molecule has 0 fully saturated rings. The fourth-order valence-electron chi connectivity index (χ4n) is 1.73. The van der Waals surface area contributed by atoms with Gasteiger partial charge in [0.1, 0.15) is 0 Å². The summed E-state index contributed by atoms with van der Waals surface area (Å²) in [5.74, 6) is 0. The predicted molar refractivity (Wildman–Crippen MR) is 80.2 cm³/mol. The molecule has 0 atom stereocenters. The Labute approximate surface area is 134 Å². The molecule has 0 saturated heterocycles. The van der Waals surface area contributed by atoms with Gasteiger partial charge in [0.05, 0.1) is 15.6 Å². The van der Waals surface area contributed by atoms with Crippen LogP contribution in [0.1, 0.15) is 11.1 Å². The normalized spacial score (nSPS) is 11.5. The second-order valence-corrected chi connectivity index (χ2v) is 5.45. The average molecular weight is 355 g/mol. The maximum absolute atomic E-state index is 12.6. The Morgan fingerprint density at radius 1 is 0.952 bits per heavy atom. The van der Waals surface area contributed by atoms with Gasteiger partial charge in [-0.3, -0.25) is 0 Å². The summed E-state index contributed by atoms with van der Waals surface area (Å²) in [7, 11) is 0. The number of hydrogen-bond acceptors (Lipinski definition) is 1. The summed E-state index contributed by atoms with van der Waals surface area (Å²) in [6, 6.07) is 8.02. The number of rotatable bonds is 3. The van der Waals surface area contributed by atoms with Crippen molar-refractivity contribution in [3.05, 3.63) is 62.6 Å². The van der Waals surface area contributed by atoms with Gasteiger partial charge in [0.2, 0.25) is 0 Å². The molecule has 2 rings (SSSR count). The number of halogens is 6. The fourth-order valence-corrected chi connectivity index (χ4v) is 2.41. The monoisotopic (exact) mass is 353 g/mol. The second-order valence-electron chi connectivity index (χ2n) is 4.25. The Bertz CT molecular complexity index is 656. The predicted octanol–water partition coefficient (Wildman–Crippen LogP) is 6.28. The van der Waals surface area contributed by atoms with Gasteiger partial charge in [-0.05, 0) is 30.3 Å². The molecule has 2 aromatic rings. The molecule has 21 heavy (non-hydrogen) atoms. The molecule has 1 nitrogen and oxygen atoms in total. The first-order chi connectivity index (χ1) is 9.79. The first-order valence-corrected chi connectivity index (χ1v) is 6.96. The maximum Gasteiger partial charge on any atom is 0.416 e. The van der Waals surface area contributed by atoms with E-state index in [1.54, 1.807) is 12.1 Å². The Morgan fingerprint density at radius 3 is 2.29 bits per heavy atom. The van der Waals surface area contributed by atoms with Crippen molar-refractivity contribution in [2.75, 3.05) is 5.32 Å². The summed E-state index contributed by atoms with van der Waals surface area (Å²) in [5, 5.41) is 3.86. The van der Waals surface area contributed by atoms with E-state index in [-0.39, 0.29) is 11.6 Å². The van der Waals surface area contributed by atoms with Gasteiger partial charge in [0.25, 0.3) is 0 Å². The molecule has 0 radical (unpaired) electrons. The summed E-state index contributed by atoms with van der Waals surface area (Å²) in [4.78, 5) is 0. The average Bonchev–Trinajstić information content (AvgIpc) is 2.42. The van der Waals surface area contributed by atoms with E-state index in [4.69, 9.17) is 34.8 Å². The molecule has 0 aliphatic rings. The van der Waals surface area contributed by atoms with Gasteiger partial charge in [-0.2, -0.15) is 13.2 Å². The topological polar surface area (TPSA) is 12.0 Å². The van der Waals surface area contributed by atoms with Crippen molar-refractivity contribution in [3.63, 3.8) is 0 Å². The zero-order valence-electron chi connectivity index (χ0n) is 10.4. The van der Waals surface area contributed by atoms with E-state index in [0.717, 1.165) is 12.1 Å². The first kappa shape index (κ1) is 16.3. The van der Waals surface area contributed by atoms with Crippen LogP contribution in [0.4, 0.5) is 18.9 Å². The van der Waals surface area contributed by atoms with Gasteiger partial charge < -0.3 is 5.32 Å². The van der Waals surface area contributed by atoms with Gasteiger partial charge >= 0.3 is 6.18 Å². The Hall–Kier alpha value is -1.10. The SMILES string of the molecule is FC(F)(F)c1cccc(NCc2c(Cl)ccc(Cl)c2Cl)c1. The smallest absolute Gasteiger partial charge is 0.381 e. The molecule has 7 heteroatoms. The molecule has 112 valence electrons. The van der Waals surface area contributed by atoms with Crippen LogP contribution < -0.4 is 5.32 Å². The van der Waals surface area contributed by atoms with Gasteiger partial charge in [-0.15, -0.1) is 0 Å². The van der Waals surface area contributed by atoms with Gasteiger partial charge in [0.15, 0.2) is 0 Å². The van der Waals surface area contributed by atoms with E-state index in [9.17, 15) is 13.2 Å². The minimum atomic E-state index is -4.39. The van der Waals surface area contributed by atoms with Crippen molar-refractivity contribution < 1.29 is 13.2 Å². The third-order valence-corrected chi connectivity index (χ3v) is 4.00. The molecule has 0 unspecified atom stereocenters. The number of alkyl halides is 3. The molecule has 0 heterocycles. The van der Waals surface area contributed by atoms with Crippen molar-refractivity contribution >= 4 is 40.5 Å². The molecule has 0 aromatic heterocycles. The highest BCUT2D eigenvalue weighted by atomic mass is 35.5. The highest BCUT2D eigenvalue weighted by Crippen LogP contribution is 2.33. The van der Waals surface area contributed by atoms with E-state index in [0.29, 0.717) is 21.3 Å². The Balaban J connectivity index is 2.20. The van der Waals surface area contributed by atoms with Crippen LogP contribution in [0.5, 0.6) is 0 Å². The lowest BCUT2D eigenvalue weighted by molar-refractivity contribution is -0.137. The lowest BCUT2D eigenvalue weighted by Gasteiger charge is -2.13. The van der Waals surface area contributed by atoms with Crippen molar-refractivity contribution in [3.8, 4) is 0 Å². The first-order valence-electron chi connectivity index (χ1n) is 5.82. The molecule has 0 aliphatic carbocycles. The summed E-state index contributed by atoms with van der Waals surface area (Å²) in [6.07, 6.45) is -4.39. The highest BCUT2D eigenvalue weighted by Gasteiger charge is 2.30. The highest BCUT2D eigenvalue weighted by molar-refractivity contribution is 6.44. The van der Waals surface area contributed by atoms with E-state index >= 15 is 0 Å². The Morgan fingerprint density at radius 2 is 1.62 bits per heavy atom. The van der Waals surface area contributed by atoms with Crippen LogP contribution in [0.3, 0.4) is 0 Å². The van der Waals surface area contributed by atoms with Crippen LogP contribution in [0.15, 0.2) is 36.4 Å². The molecule has 0 aliphatic heterocycles. The summed E-state index contributed by atoms with van der Waals surface area (Å²) < 4.78 is 37.9. The molecular weight excluding hydrogens is 346 g/mol. The molecule has 0 bridgehead atoms. The standard InChI is InChI=1S/C14H9Cl3F3N/c15-11-4-5-12(16)13(17)10(11)7-21-9-3-1-2-8(6-9)14(18,19)20/h1-6,21H,7H2. The second kappa shape index (κ2) is 6.34. The van der Waals surface area contributed by atoms with E-state index in [1.165, 1.54) is 12.1 Å². The van der Waals surface area contributed by atoms with Crippen molar-refractivity contribution in [1.29, 1.82) is 0 Å². The maximum atomic E-state index is 12.6. The van der Waals surface area contributed by atoms with Crippen LogP contribution in [0.25, 0.3) is 0 Å². The zero-order valence-corrected chi connectivity index (χ0v) is 12.7. The van der Waals surface area contributed by atoms with Crippen LogP contribution in [0, 0.1) is 0 Å². The molecular formula is C14H9Cl3F3N. The summed E-state index contributed by atoms with van der Waals surface area (Å²) in [6.45, 7) is 0.166. The third-order valence-electron chi connectivity index (χ3n) is 2.80. The molecule has 0 amide bonds. The van der Waals surface area contributed by atoms with Crippen molar-refractivity contribution in [2.24, 2.45) is 0 Å². The third kappa shape index (κ3) is 3.96. The summed E-state index contributed by atoms with van der Waals surface area (Å²) in [5.41, 5.74) is 0.121. The van der Waals surface area contributed by atoms with Gasteiger partial charge in [-0.1, -0.05) is 40.9 Å². The lowest BCUT2D eigenvalue weighted by Crippen LogP contribution is -2.06. The molecule has 2 aromatic carbocycles. The number of benzene rings is 2. The molecule has 0 saturated carbocycles. The molecule has 1 N–H and O–H groups in total. The van der Waals surface area contributed by atoms with Gasteiger partial charge in [0, 0.05) is 22.8 Å². The van der Waals surface area contributed by atoms with Crippen molar-refractivity contribution in [1.82, 2.24) is 0 Å². The minimum Gasteiger partial charge on any atom is -0.381 e. The van der Waals surface area contributed by atoms with Gasteiger partial charge in [-0.25, -0.2) is 0 Å². The van der Waals surface area contributed by atoms with E-state index < -0.39 is 11.7 Å². The fraction of sp³-hybridized carbons (Fsp3) is 0.143. The van der Waals surface area contributed by atoms with Crippen molar-refractivity contribution in [2.45, 2.75) is 12.7 Å². The zero-order chi connectivity index (χ0) is 15.6. The summed E-state index contributed by atoms with van der Waals surface area (Å²) >= 11 is 17.9. The quantitative estimate of drug-likeness (QED) is 0.640. The number of nitrogens with one attached hydrogen (secondary N) is 1. The Kier molecular flexibility index (Phi) is 4.91. The lowest BCUT2D eigenvalue weighted by atomic mass is 10.1. The van der Waals surface area contributed by atoms with E-state index in [2.05, 4.69) is 5.32 Å². The number of hydrogen-bond donors (Lipinski definition) is 1. The van der Waals surface area contributed by atoms with E-state index in [1.807, 2.05) is 0 Å². The number of anilines is 1. The van der Waals surface area contributed by atoms with Crippen LogP contribution in [-0.2, 0) is 12.7 Å².